The maximum absolute atomic E-state index is 11.3. The lowest BCUT2D eigenvalue weighted by molar-refractivity contribution is -0.138. The molecule has 6 nitrogen and oxygen atoms in total. The van der Waals surface area contributed by atoms with Crippen LogP contribution in [0.15, 0.2) is 54.6 Å². The van der Waals surface area contributed by atoms with E-state index in [9.17, 15) is 9.90 Å². The Hall–Kier alpha value is -2.70. The standard InChI is InChI=1S/C30H38N4O2/c1-22-31-27-9-5-6-10-28(27)34(22)26-19-24-11-12-25(20-26)33(24)18-15-30(23-7-3-2-4-8-23)13-16-32(17-14-30)21-29(35)36/h2-10,24-26H,11-21H2,1H3,(H,35,36). The molecule has 0 spiro atoms. The van der Waals surface area contributed by atoms with E-state index in [1.165, 1.54) is 36.8 Å². The van der Waals surface area contributed by atoms with Crippen molar-refractivity contribution < 1.29 is 9.90 Å². The molecule has 2 bridgehead atoms. The van der Waals surface area contributed by atoms with E-state index in [0.717, 1.165) is 50.2 Å². The van der Waals surface area contributed by atoms with Gasteiger partial charge in [0, 0.05) is 18.1 Å². The van der Waals surface area contributed by atoms with Gasteiger partial charge in [0.05, 0.1) is 17.6 Å². The number of fused-ring (bicyclic) bond motifs is 3. The molecule has 190 valence electrons. The number of likely N-dealkylation sites (tertiary alicyclic amines) is 1. The molecule has 2 unspecified atom stereocenters. The van der Waals surface area contributed by atoms with Crippen LogP contribution in [0.1, 0.15) is 62.4 Å². The van der Waals surface area contributed by atoms with Gasteiger partial charge in [-0.2, -0.15) is 0 Å². The first-order valence-electron chi connectivity index (χ1n) is 13.7. The highest BCUT2D eigenvalue weighted by molar-refractivity contribution is 5.76. The SMILES string of the molecule is Cc1nc2ccccc2n1C1CC2CCC(C1)N2CCC1(c2ccccc2)CCN(CC(=O)O)CC1. The normalized spacial score (nSPS) is 26.4. The van der Waals surface area contributed by atoms with Crippen LogP contribution in [0, 0.1) is 6.92 Å². The van der Waals surface area contributed by atoms with Gasteiger partial charge < -0.3 is 9.67 Å². The van der Waals surface area contributed by atoms with Crippen LogP contribution in [0.5, 0.6) is 0 Å². The quantitative estimate of drug-likeness (QED) is 0.508. The molecule has 0 saturated carbocycles. The van der Waals surface area contributed by atoms with Crippen LogP contribution in [0.2, 0.25) is 0 Å². The number of piperidine rings is 2. The van der Waals surface area contributed by atoms with Crippen molar-refractivity contribution in [3.63, 3.8) is 0 Å². The molecule has 3 aromatic rings. The molecule has 6 heteroatoms. The van der Waals surface area contributed by atoms with Crippen molar-refractivity contribution in [2.45, 2.75) is 75.4 Å². The summed E-state index contributed by atoms with van der Waals surface area (Å²) >= 11 is 0. The summed E-state index contributed by atoms with van der Waals surface area (Å²) in [6, 6.07) is 21.4. The van der Waals surface area contributed by atoms with E-state index in [4.69, 9.17) is 4.98 Å². The molecular weight excluding hydrogens is 448 g/mol. The Morgan fingerprint density at radius 3 is 2.33 bits per heavy atom. The summed E-state index contributed by atoms with van der Waals surface area (Å²) in [5.41, 5.74) is 3.97. The van der Waals surface area contributed by atoms with E-state index in [1.54, 1.807) is 0 Å². The van der Waals surface area contributed by atoms with Gasteiger partial charge in [-0.1, -0.05) is 42.5 Å². The molecule has 2 aromatic carbocycles. The fourth-order valence-corrected chi connectivity index (χ4v) is 7.60. The summed E-state index contributed by atoms with van der Waals surface area (Å²) in [6.07, 6.45) is 8.26. The number of aryl methyl sites for hydroxylation is 1. The molecule has 1 aromatic heterocycles. The van der Waals surface area contributed by atoms with E-state index in [-0.39, 0.29) is 12.0 Å². The zero-order valence-corrected chi connectivity index (χ0v) is 21.4. The van der Waals surface area contributed by atoms with E-state index >= 15 is 0 Å². The zero-order valence-electron chi connectivity index (χ0n) is 21.4. The van der Waals surface area contributed by atoms with Crippen LogP contribution in [0.4, 0.5) is 0 Å². The molecule has 6 rings (SSSR count). The number of rotatable bonds is 7. The van der Waals surface area contributed by atoms with Crippen molar-refractivity contribution in [3.8, 4) is 0 Å². The van der Waals surface area contributed by atoms with Crippen LogP contribution in [0.25, 0.3) is 11.0 Å². The fraction of sp³-hybridized carbons (Fsp3) is 0.533. The summed E-state index contributed by atoms with van der Waals surface area (Å²) in [7, 11) is 0. The zero-order chi connectivity index (χ0) is 24.7. The minimum Gasteiger partial charge on any atom is -0.480 e. The monoisotopic (exact) mass is 486 g/mol. The Labute approximate surface area is 213 Å². The molecule has 3 aliphatic heterocycles. The molecule has 3 fully saturated rings. The number of hydrogen-bond acceptors (Lipinski definition) is 4. The lowest BCUT2D eigenvalue weighted by atomic mass is 9.70. The number of carbonyl (C=O) groups is 1. The second kappa shape index (κ2) is 9.64. The third kappa shape index (κ3) is 4.35. The molecule has 36 heavy (non-hydrogen) atoms. The Morgan fingerprint density at radius 1 is 0.972 bits per heavy atom. The van der Waals surface area contributed by atoms with Crippen molar-refractivity contribution in [3.05, 3.63) is 66.0 Å². The molecule has 3 saturated heterocycles. The van der Waals surface area contributed by atoms with E-state index in [0.29, 0.717) is 18.1 Å². The van der Waals surface area contributed by atoms with Crippen LogP contribution >= 0.6 is 0 Å². The lowest BCUT2D eigenvalue weighted by Gasteiger charge is -2.45. The largest absolute Gasteiger partial charge is 0.480 e. The Kier molecular flexibility index (Phi) is 6.34. The molecule has 0 amide bonds. The number of aromatic nitrogens is 2. The van der Waals surface area contributed by atoms with Gasteiger partial charge >= 0.3 is 5.97 Å². The third-order valence-corrected chi connectivity index (χ3v) is 9.40. The minimum absolute atomic E-state index is 0.143. The van der Waals surface area contributed by atoms with Crippen LogP contribution < -0.4 is 0 Å². The number of nitrogens with zero attached hydrogens (tertiary/aromatic N) is 4. The van der Waals surface area contributed by atoms with Gasteiger partial charge in [0.25, 0.3) is 0 Å². The number of benzene rings is 2. The summed E-state index contributed by atoms with van der Waals surface area (Å²) in [5, 5.41) is 9.26. The smallest absolute Gasteiger partial charge is 0.317 e. The predicted molar refractivity (Wildman–Crippen MR) is 142 cm³/mol. The van der Waals surface area contributed by atoms with Gasteiger partial charge in [-0.15, -0.1) is 0 Å². The average Bonchev–Trinajstić information content (AvgIpc) is 3.34. The highest BCUT2D eigenvalue weighted by Crippen LogP contribution is 2.45. The fourth-order valence-electron chi connectivity index (χ4n) is 7.60. The van der Waals surface area contributed by atoms with Crippen LogP contribution in [-0.2, 0) is 10.2 Å². The molecule has 4 heterocycles. The highest BCUT2D eigenvalue weighted by atomic mass is 16.4. The van der Waals surface area contributed by atoms with Crippen molar-refractivity contribution in [2.75, 3.05) is 26.2 Å². The maximum Gasteiger partial charge on any atom is 0.317 e. The Bertz CT molecular complexity index is 1200. The number of carboxylic acid groups (broad SMARTS) is 1. The van der Waals surface area contributed by atoms with Crippen molar-refractivity contribution in [1.29, 1.82) is 0 Å². The molecule has 0 radical (unpaired) electrons. The predicted octanol–water partition coefficient (Wildman–Crippen LogP) is 5.02. The summed E-state index contributed by atoms with van der Waals surface area (Å²) in [4.78, 5) is 21.1. The first kappa shape index (κ1) is 23.7. The lowest BCUT2D eigenvalue weighted by Crippen LogP contribution is -2.48. The minimum atomic E-state index is -0.720. The number of carboxylic acids is 1. The first-order valence-corrected chi connectivity index (χ1v) is 13.7. The topological polar surface area (TPSA) is 61.6 Å². The molecule has 3 aliphatic rings. The van der Waals surface area contributed by atoms with Crippen molar-refractivity contribution >= 4 is 17.0 Å². The van der Waals surface area contributed by atoms with E-state index in [1.807, 2.05) is 0 Å². The van der Waals surface area contributed by atoms with Crippen LogP contribution in [0.3, 0.4) is 0 Å². The molecule has 0 aliphatic carbocycles. The molecular formula is C30H38N4O2. The van der Waals surface area contributed by atoms with Gasteiger partial charge in [0.15, 0.2) is 0 Å². The summed E-state index contributed by atoms with van der Waals surface area (Å²) in [6.45, 7) is 5.19. The number of hydrogen-bond donors (Lipinski definition) is 1. The van der Waals surface area contributed by atoms with Gasteiger partial charge in [-0.05, 0) is 94.6 Å². The van der Waals surface area contributed by atoms with Gasteiger partial charge in [0.1, 0.15) is 5.82 Å². The summed E-state index contributed by atoms with van der Waals surface area (Å²) in [5.74, 6) is 0.424. The Balaban J connectivity index is 1.17. The average molecular weight is 487 g/mol. The number of aliphatic carboxylic acids is 1. The second-order valence-corrected chi connectivity index (χ2v) is 11.3. The number of imidazole rings is 1. The molecule has 1 N–H and O–H groups in total. The summed E-state index contributed by atoms with van der Waals surface area (Å²) < 4.78 is 2.52. The Morgan fingerprint density at radius 2 is 1.64 bits per heavy atom. The van der Waals surface area contributed by atoms with Gasteiger partial charge in [-0.3, -0.25) is 14.6 Å². The maximum atomic E-state index is 11.3. The van der Waals surface area contributed by atoms with Gasteiger partial charge in [-0.25, -0.2) is 4.98 Å². The first-order chi connectivity index (χ1) is 17.5. The van der Waals surface area contributed by atoms with E-state index < -0.39 is 5.97 Å². The highest BCUT2D eigenvalue weighted by Gasteiger charge is 2.44. The second-order valence-electron chi connectivity index (χ2n) is 11.3. The van der Waals surface area contributed by atoms with Gasteiger partial charge in [0.2, 0.25) is 0 Å². The van der Waals surface area contributed by atoms with Crippen LogP contribution in [-0.4, -0.2) is 68.7 Å². The third-order valence-electron chi connectivity index (χ3n) is 9.40. The number of para-hydroxylation sites is 2. The molecule has 2 atom stereocenters. The van der Waals surface area contributed by atoms with E-state index in [2.05, 4.69) is 75.9 Å². The van der Waals surface area contributed by atoms with Crippen molar-refractivity contribution in [2.24, 2.45) is 0 Å². The van der Waals surface area contributed by atoms with Crippen molar-refractivity contribution in [1.82, 2.24) is 19.4 Å².